The molecule has 0 heterocycles. The fraction of sp³-hybridized carbons (Fsp3) is 0.667. The summed E-state index contributed by atoms with van der Waals surface area (Å²) >= 11 is 0. The molecule has 0 saturated carbocycles. The largest absolute Gasteiger partial charge is 0.295 e. The molecule has 0 fully saturated rings. The predicted molar refractivity (Wildman–Crippen MR) is 69.3 cm³/mol. The lowest BCUT2D eigenvalue weighted by Crippen LogP contribution is -2.15. The van der Waals surface area contributed by atoms with Crippen LogP contribution in [0.4, 0.5) is 0 Å². The molecule has 0 aromatic carbocycles. The van der Waals surface area contributed by atoms with E-state index in [2.05, 4.69) is 32.9 Å². The van der Waals surface area contributed by atoms with Gasteiger partial charge < -0.3 is 0 Å². The van der Waals surface area contributed by atoms with Gasteiger partial charge >= 0.3 is 0 Å². The van der Waals surface area contributed by atoms with Crippen LogP contribution >= 0.6 is 0 Å². The van der Waals surface area contributed by atoms with Gasteiger partial charge in [0.25, 0.3) is 0 Å². The zero-order chi connectivity index (χ0) is 12.2. The van der Waals surface area contributed by atoms with Gasteiger partial charge in [0, 0.05) is 0 Å². The van der Waals surface area contributed by atoms with Crippen LogP contribution in [0.5, 0.6) is 0 Å². The maximum Gasteiger partial charge on any atom is 0.152 e. The van der Waals surface area contributed by atoms with E-state index in [0.717, 1.165) is 0 Å². The Bertz CT molecular complexity index is 307. The number of carbonyl (C=O) groups excluding carboxylic acids is 1. The first-order valence-electron chi connectivity index (χ1n) is 6.26. The van der Waals surface area contributed by atoms with Gasteiger partial charge in [-0.2, -0.15) is 0 Å². The molecule has 1 nitrogen and oxygen atoms in total. The van der Waals surface area contributed by atoms with Crippen molar-refractivity contribution in [2.24, 2.45) is 11.3 Å². The molecule has 0 N–H and O–H groups in total. The number of hydrogen-bond donors (Lipinski definition) is 0. The van der Waals surface area contributed by atoms with E-state index in [-0.39, 0.29) is 5.78 Å². The van der Waals surface area contributed by atoms with Crippen molar-refractivity contribution in [3.63, 3.8) is 0 Å². The number of ketones is 1. The zero-order valence-corrected chi connectivity index (χ0v) is 11.0. The summed E-state index contributed by atoms with van der Waals surface area (Å²) in [5.41, 5.74) is 1.87. The van der Waals surface area contributed by atoms with Crippen LogP contribution in [0.3, 0.4) is 0 Å². The molecule has 1 aliphatic carbocycles. The second-order valence-corrected chi connectivity index (χ2v) is 5.77. The Kier molecular flexibility index (Phi) is 4.52. The van der Waals surface area contributed by atoms with Gasteiger partial charge in [-0.05, 0) is 56.9 Å². The third-order valence-corrected chi connectivity index (χ3v) is 3.57. The first-order chi connectivity index (χ1) is 7.41. The Hall–Kier alpha value is -0.850. The van der Waals surface area contributed by atoms with E-state index in [1.165, 1.54) is 31.3 Å². The minimum absolute atomic E-state index is 0.147. The number of carbonyl (C=O) groups is 1. The van der Waals surface area contributed by atoms with Gasteiger partial charge in [0.15, 0.2) is 5.78 Å². The van der Waals surface area contributed by atoms with Crippen molar-refractivity contribution in [3.8, 4) is 0 Å². The van der Waals surface area contributed by atoms with Gasteiger partial charge in [0.2, 0.25) is 0 Å². The summed E-state index contributed by atoms with van der Waals surface area (Å²) in [4.78, 5) is 11.0. The highest BCUT2D eigenvalue weighted by atomic mass is 16.1. The third kappa shape index (κ3) is 4.34. The van der Waals surface area contributed by atoms with Crippen LogP contribution in [0.25, 0.3) is 0 Å². The molecule has 0 aromatic heterocycles. The van der Waals surface area contributed by atoms with E-state index in [9.17, 15) is 4.79 Å². The van der Waals surface area contributed by atoms with Crippen molar-refractivity contribution >= 4 is 5.78 Å². The highest BCUT2D eigenvalue weighted by molar-refractivity contribution is 5.87. The molecule has 0 aliphatic heterocycles. The molecule has 1 atom stereocenters. The van der Waals surface area contributed by atoms with E-state index >= 15 is 0 Å². The fourth-order valence-corrected chi connectivity index (χ4v) is 2.24. The van der Waals surface area contributed by atoms with Crippen molar-refractivity contribution in [1.82, 2.24) is 0 Å². The van der Waals surface area contributed by atoms with E-state index in [1.54, 1.807) is 13.0 Å². The summed E-state index contributed by atoms with van der Waals surface area (Å²) in [5.74, 6) is 0.609. The Labute approximate surface area is 99.6 Å². The van der Waals surface area contributed by atoms with Crippen molar-refractivity contribution in [2.45, 2.75) is 53.4 Å². The topological polar surface area (TPSA) is 17.1 Å². The summed E-state index contributed by atoms with van der Waals surface area (Å²) in [6.07, 6.45) is 11.0. The second-order valence-electron chi connectivity index (χ2n) is 5.77. The standard InChI is InChI=1S/C15H24O/c1-12-6-5-10-15(3,4)11-9-14(12)8-7-13(2)16/h6-8,14H,5,9-11H2,1-4H3. The minimum Gasteiger partial charge on any atom is -0.295 e. The Balaban J connectivity index is 2.74. The third-order valence-electron chi connectivity index (χ3n) is 3.57. The lowest BCUT2D eigenvalue weighted by Gasteiger charge is -2.29. The predicted octanol–water partition coefficient (Wildman–Crippen LogP) is 4.29. The lowest BCUT2D eigenvalue weighted by atomic mass is 9.77. The van der Waals surface area contributed by atoms with Crippen LogP contribution in [0.2, 0.25) is 0 Å². The van der Waals surface area contributed by atoms with Crippen molar-refractivity contribution < 1.29 is 4.79 Å². The monoisotopic (exact) mass is 220 g/mol. The van der Waals surface area contributed by atoms with Crippen LogP contribution in [-0.2, 0) is 4.79 Å². The van der Waals surface area contributed by atoms with Gasteiger partial charge in [-0.3, -0.25) is 4.79 Å². The highest BCUT2D eigenvalue weighted by Crippen LogP contribution is 2.35. The average molecular weight is 220 g/mol. The smallest absolute Gasteiger partial charge is 0.152 e. The minimum atomic E-state index is 0.147. The Morgan fingerprint density at radius 2 is 2.12 bits per heavy atom. The van der Waals surface area contributed by atoms with E-state index in [4.69, 9.17) is 0 Å². The molecule has 16 heavy (non-hydrogen) atoms. The molecule has 1 heteroatoms. The highest BCUT2D eigenvalue weighted by Gasteiger charge is 2.21. The van der Waals surface area contributed by atoms with E-state index in [0.29, 0.717) is 11.3 Å². The van der Waals surface area contributed by atoms with Crippen LogP contribution in [0.15, 0.2) is 23.8 Å². The van der Waals surface area contributed by atoms with Crippen LogP contribution in [0.1, 0.15) is 53.4 Å². The normalized spacial score (nSPS) is 26.0. The molecule has 90 valence electrons. The molecule has 1 unspecified atom stereocenters. The number of rotatable bonds is 2. The Morgan fingerprint density at radius 3 is 2.75 bits per heavy atom. The quantitative estimate of drug-likeness (QED) is 0.501. The molecular weight excluding hydrogens is 196 g/mol. The SMILES string of the molecule is CC(=O)C=CC1CCC(C)(C)CCC=C1C. The van der Waals surface area contributed by atoms with Gasteiger partial charge in [0.1, 0.15) is 0 Å². The molecule has 0 spiro atoms. The van der Waals surface area contributed by atoms with Crippen molar-refractivity contribution in [2.75, 3.05) is 0 Å². The summed E-state index contributed by atoms with van der Waals surface area (Å²) in [7, 11) is 0. The molecule has 0 saturated heterocycles. The first-order valence-corrected chi connectivity index (χ1v) is 6.26. The molecular formula is C15H24O. The van der Waals surface area contributed by atoms with Crippen molar-refractivity contribution in [1.29, 1.82) is 0 Å². The summed E-state index contributed by atoms with van der Waals surface area (Å²) in [6, 6.07) is 0. The average Bonchev–Trinajstić information content (AvgIpc) is 2.14. The van der Waals surface area contributed by atoms with Gasteiger partial charge in [-0.1, -0.05) is 31.6 Å². The lowest BCUT2D eigenvalue weighted by molar-refractivity contribution is -0.112. The first kappa shape index (κ1) is 13.2. The molecule has 0 aromatic rings. The maximum absolute atomic E-state index is 11.0. The molecule has 0 radical (unpaired) electrons. The number of allylic oxidation sites excluding steroid dienone is 4. The zero-order valence-electron chi connectivity index (χ0n) is 11.0. The number of hydrogen-bond acceptors (Lipinski definition) is 1. The molecule has 0 bridgehead atoms. The van der Waals surface area contributed by atoms with E-state index in [1.807, 2.05) is 0 Å². The van der Waals surface area contributed by atoms with Gasteiger partial charge in [-0.25, -0.2) is 0 Å². The van der Waals surface area contributed by atoms with Crippen LogP contribution < -0.4 is 0 Å². The van der Waals surface area contributed by atoms with Crippen LogP contribution in [0, 0.1) is 11.3 Å². The van der Waals surface area contributed by atoms with Crippen LogP contribution in [-0.4, -0.2) is 5.78 Å². The summed E-state index contributed by atoms with van der Waals surface area (Å²) in [5, 5.41) is 0. The van der Waals surface area contributed by atoms with Crippen molar-refractivity contribution in [3.05, 3.63) is 23.8 Å². The second kappa shape index (κ2) is 5.47. The maximum atomic E-state index is 11.0. The molecule has 1 aliphatic rings. The van der Waals surface area contributed by atoms with E-state index < -0.39 is 0 Å². The fourth-order valence-electron chi connectivity index (χ4n) is 2.24. The van der Waals surface area contributed by atoms with Gasteiger partial charge in [-0.15, -0.1) is 0 Å². The summed E-state index contributed by atoms with van der Waals surface area (Å²) in [6.45, 7) is 8.48. The Morgan fingerprint density at radius 1 is 1.44 bits per heavy atom. The molecule has 1 rings (SSSR count). The summed E-state index contributed by atoms with van der Waals surface area (Å²) < 4.78 is 0. The molecule has 0 amide bonds. The van der Waals surface area contributed by atoms with Gasteiger partial charge in [0.05, 0.1) is 0 Å².